The molecule has 1 heterocycles. The summed E-state index contributed by atoms with van der Waals surface area (Å²) in [6.45, 7) is 0.530. The number of rotatable bonds is 0. The van der Waals surface area contributed by atoms with Crippen molar-refractivity contribution in [3.8, 4) is 0 Å². The number of amides is 1. The van der Waals surface area contributed by atoms with Gasteiger partial charge in [-0.2, -0.15) is 5.11 Å². The summed E-state index contributed by atoms with van der Waals surface area (Å²) in [5, 5.41) is 7.13. The van der Waals surface area contributed by atoms with Crippen molar-refractivity contribution in [2.75, 3.05) is 0 Å². The molecule has 1 amide bonds. The molecule has 0 saturated heterocycles. The van der Waals surface area contributed by atoms with Crippen molar-refractivity contribution in [3.05, 3.63) is 35.4 Å². The van der Waals surface area contributed by atoms with E-state index in [4.69, 9.17) is 0 Å². The molecule has 0 N–H and O–H groups in total. The maximum Gasteiger partial charge on any atom is 1.00 e. The van der Waals surface area contributed by atoms with Crippen molar-refractivity contribution in [2.45, 2.75) is 6.54 Å². The van der Waals surface area contributed by atoms with Gasteiger partial charge in [0.15, 0.2) is 0 Å². The molecule has 1 aliphatic rings. The summed E-state index contributed by atoms with van der Waals surface area (Å²) < 4.78 is 0. The molecular formula is C8H7N2NaO. The Morgan fingerprint density at radius 1 is 1.33 bits per heavy atom. The fourth-order valence-corrected chi connectivity index (χ4v) is 1.10. The van der Waals surface area contributed by atoms with Gasteiger partial charge < -0.3 is 1.43 Å². The predicted octanol–water partition coefficient (Wildman–Crippen LogP) is -1.09. The van der Waals surface area contributed by atoms with Crippen molar-refractivity contribution in [2.24, 2.45) is 10.2 Å². The summed E-state index contributed by atoms with van der Waals surface area (Å²) in [5.74, 6) is -0.230. The Hall–Kier alpha value is -0.510. The van der Waals surface area contributed by atoms with Gasteiger partial charge in [-0.15, -0.1) is 5.11 Å². The molecule has 56 valence electrons. The van der Waals surface area contributed by atoms with E-state index < -0.39 is 0 Å². The van der Waals surface area contributed by atoms with Crippen LogP contribution in [0.4, 0.5) is 0 Å². The molecule has 0 atom stereocenters. The third-order valence-corrected chi connectivity index (χ3v) is 1.65. The second kappa shape index (κ2) is 3.94. The van der Waals surface area contributed by atoms with Gasteiger partial charge in [-0.25, -0.2) is 0 Å². The molecule has 0 fully saturated rings. The van der Waals surface area contributed by atoms with Crippen LogP contribution in [-0.4, -0.2) is 5.91 Å². The molecule has 0 bridgehead atoms. The predicted molar refractivity (Wildman–Crippen MR) is 40.4 cm³/mol. The first-order chi connectivity index (χ1) is 5.38. The molecule has 0 radical (unpaired) electrons. The maximum atomic E-state index is 11.0. The van der Waals surface area contributed by atoms with Crippen LogP contribution in [0.25, 0.3) is 0 Å². The average molecular weight is 170 g/mol. The number of azo groups is 1. The molecule has 4 heteroatoms. The Kier molecular flexibility index (Phi) is 3.14. The third kappa shape index (κ3) is 1.63. The van der Waals surface area contributed by atoms with E-state index in [0.29, 0.717) is 12.1 Å². The van der Waals surface area contributed by atoms with Crippen LogP contribution in [0.2, 0.25) is 0 Å². The minimum absolute atomic E-state index is 0. The van der Waals surface area contributed by atoms with E-state index in [1.807, 2.05) is 18.2 Å². The molecule has 0 saturated carbocycles. The number of hydrogen-bond acceptors (Lipinski definition) is 2. The quantitative estimate of drug-likeness (QED) is 0.456. The monoisotopic (exact) mass is 170 g/mol. The topological polar surface area (TPSA) is 41.8 Å². The molecule has 1 aromatic carbocycles. The molecule has 0 unspecified atom stereocenters. The smallest absolute Gasteiger partial charge is 1.00 e. The summed E-state index contributed by atoms with van der Waals surface area (Å²) >= 11 is 0. The normalized spacial score (nSPS) is 13.5. The number of hydrogen-bond donors (Lipinski definition) is 0. The van der Waals surface area contributed by atoms with Crippen LogP contribution in [-0.2, 0) is 6.54 Å². The Balaban J connectivity index is 0.000000720. The third-order valence-electron chi connectivity index (χ3n) is 1.65. The molecule has 3 nitrogen and oxygen atoms in total. The van der Waals surface area contributed by atoms with Crippen LogP contribution in [0.5, 0.6) is 0 Å². The van der Waals surface area contributed by atoms with Crippen LogP contribution >= 0.6 is 0 Å². The number of nitrogens with zero attached hydrogens (tertiary/aromatic N) is 2. The Bertz CT molecular complexity index is 341. The van der Waals surface area contributed by atoms with E-state index in [0.717, 1.165) is 5.56 Å². The fraction of sp³-hybridized carbons (Fsp3) is 0.125. The van der Waals surface area contributed by atoms with Gasteiger partial charge in [-0.1, -0.05) is 18.2 Å². The van der Waals surface area contributed by atoms with Crippen molar-refractivity contribution in [3.63, 3.8) is 0 Å². The number of benzene rings is 1. The van der Waals surface area contributed by atoms with E-state index >= 15 is 0 Å². The van der Waals surface area contributed by atoms with Crippen LogP contribution < -0.4 is 29.6 Å². The molecule has 1 aliphatic heterocycles. The zero-order valence-corrected chi connectivity index (χ0v) is 8.82. The van der Waals surface area contributed by atoms with Gasteiger partial charge in [0.25, 0.3) is 5.91 Å². The zero-order chi connectivity index (χ0) is 7.68. The summed E-state index contributed by atoms with van der Waals surface area (Å²) in [6, 6.07) is 7.39. The van der Waals surface area contributed by atoms with Crippen molar-refractivity contribution >= 4 is 5.91 Å². The SMILES string of the molecule is O=C1N=NCc2ccccc21.[H-].[Na+]. The van der Waals surface area contributed by atoms with E-state index in [-0.39, 0.29) is 36.9 Å². The van der Waals surface area contributed by atoms with Crippen molar-refractivity contribution < 1.29 is 35.8 Å². The molecule has 0 aromatic heterocycles. The minimum atomic E-state index is -0.230. The van der Waals surface area contributed by atoms with Gasteiger partial charge in [0, 0.05) is 5.56 Å². The van der Waals surface area contributed by atoms with E-state index in [1.165, 1.54) is 0 Å². The molecule has 0 spiro atoms. The van der Waals surface area contributed by atoms with Crippen molar-refractivity contribution in [1.82, 2.24) is 0 Å². The van der Waals surface area contributed by atoms with Crippen molar-refractivity contribution in [1.29, 1.82) is 0 Å². The molecular weight excluding hydrogens is 163 g/mol. The summed E-state index contributed by atoms with van der Waals surface area (Å²) in [4.78, 5) is 11.0. The maximum absolute atomic E-state index is 11.0. The van der Waals surface area contributed by atoms with Gasteiger partial charge in [-0.3, -0.25) is 4.79 Å². The van der Waals surface area contributed by atoms with Crippen LogP contribution in [0, 0.1) is 0 Å². The van der Waals surface area contributed by atoms with Gasteiger partial charge >= 0.3 is 29.6 Å². The molecule has 1 aromatic rings. The summed E-state index contributed by atoms with van der Waals surface area (Å²) in [6.07, 6.45) is 0. The Morgan fingerprint density at radius 3 is 2.83 bits per heavy atom. The van der Waals surface area contributed by atoms with Crippen LogP contribution in [0.3, 0.4) is 0 Å². The van der Waals surface area contributed by atoms with Gasteiger partial charge in [0.1, 0.15) is 0 Å². The molecule has 12 heavy (non-hydrogen) atoms. The number of carbonyl (C=O) groups excluding carboxylic acids is 1. The average Bonchev–Trinajstić information content (AvgIpc) is 2.06. The second-order valence-corrected chi connectivity index (χ2v) is 2.36. The van der Waals surface area contributed by atoms with Crippen LogP contribution in [0.15, 0.2) is 34.5 Å². The zero-order valence-electron chi connectivity index (χ0n) is 7.82. The second-order valence-electron chi connectivity index (χ2n) is 2.36. The van der Waals surface area contributed by atoms with E-state index in [1.54, 1.807) is 6.07 Å². The first-order valence-corrected chi connectivity index (χ1v) is 3.37. The van der Waals surface area contributed by atoms with E-state index in [9.17, 15) is 4.79 Å². The van der Waals surface area contributed by atoms with Gasteiger partial charge in [0.05, 0.1) is 6.54 Å². The largest absolute Gasteiger partial charge is 1.00 e. The summed E-state index contributed by atoms with van der Waals surface area (Å²) in [7, 11) is 0. The summed E-state index contributed by atoms with van der Waals surface area (Å²) in [5.41, 5.74) is 1.65. The van der Waals surface area contributed by atoms with Crippen LogP contribution in [0.1, 0.15) is 17.3 Å². The number of fused-ring (bicyclic) bond motifs is 1. The van der Waals surface area contributed by atoms with E-state index in [2.05, 4.69) is 10.2 Å². The standard InChI is InChI=1S/C8H6N2O.Na.H/c11-8-7-4-2-1-3-6(7)5-9-10-8;;/h1-4H,5H2;;/q;+1;-1. The first-order valence-electron chi connectivity index (χ1n) is 3.37. The Labute approximate surface area is 93.7 Å². The van der Waals surface area contributed by atoms with Gasteiger partial charge in [0.2, 0.25) is 0 Å². The Morgan fingerprint density at radius 2 is 2.08 bits per heavy atom. The molecule has 0 aliphatic carbocycles. The number of carbonyl (C=O) groups is 1. The fourth-order valence-electron chi connectivity index (χ4n) is 1.10. The first kappa shape index (κ1) is 9.58. The molecule has 2 rings (SSSR count). The van der Waals surface area contributed by atoms with Gasteiger partial charge in [-0.05, 0) is 11.6 Å². The minimum Gasteiger partial charge on any atom is -1.00 e.